The molecule has 4 rings (SSSR count). The number of carbonyl (C=O) groups is 1. The summed E-state index contributed by atoms with van der Waals surface area (Å²) in [5.41, 5.74) is 3.85. The number of benzene rings is 3. The monoisotopic (exact) mass is 466 g/mol. The Balaban J connectivity index is 1.76. The summed E-state index contributed by atoms with van der Waals surface area (Å²) < 4.78 is 48.9. The standard InChI is InChI=1S/C25H23FN2O4S/c1-3-21-16(2)4-11-23(33(30,31)32)24(21)28-13-12-18-7-8-19(14-22(18)28)25(29)27-15-17-5-9-20(26)10-6-17/h4-14H,3,15H2,1-2H3,(H,27,29)(H,30,31,32). The highest BCUT2D eigenvalue weighted by Crippen LogP contribution is 2.31. The first-order valence-electron chi connectivity index (χ1n) is 10.4. The third-order valence-corrected chi connectivity index (χ3v) is 6.56. The van der Waals surface area contributed by atoms with Crippen LogP contribution in [-0.4, -0.2) is 23.4 Å². The quantitative estimate of drug-likeness (QED) is 0.399. The zero-order valence-electron chi connectivity index (χ0n) is 18.2. The number of carbonyl (C=O) groups excluding carboxylic acids is 1. The molecule has 8 heteroatoms. The van der Waals surface area contributed by atoms with E-state index in [-0.39, 0.29) is 23.2 Å². The fraction of sp³-hybridized carbons (Fsp3) is 0.160. The fourth-order valence-corrected chi connectivity index (χ4v) is 4.69. The van der Waals surface area contributed by atoms with Crippen LogP contribution in [0.15, 0.2) is 71.8 Å². The van der Waals surface area contributed by atoms with Gasteiger partial charge in [-0.2, -0.15) is 8.42 Å². The number of aromatic nitrogens is 1. The molecule has 0 bridgehead atoms. The van der Waals surface area contributed by atoms with Crippen molar-refractivity contribution in [1.29, 1.82) is 0 Å². The number of aryl methyl sites for hydroxylation is 1. The van der Waals surface area contributed by atoms with Crippen LogP contribution in [0.3, 0.4) is 0 Å². The van der Waals surface area contributed by atoms with Gasteiger partial charge >= 0.3 is 0 Å². The first-order chi connectivity index (χ1) is 15.7. The first kappa shape index (κ1) is 22.7. The molecule has 2 N–H and O–H groups in total. The zero-order chi connectivity index (χ0) is 23.8. The maximum atomic E-state index is 13.1. The third-order valence-electron chi connectivity index (χ3n) is 5.67. The predicted molar refractivity (Wildman–Crippen MR) is 125 cm³/mol. The largest absolute Gasteiger partial charge is 0.348 e. The average Bonchev–Trinajstić information content (AvgIpc) is 3.20. The van der Waals surface area contributed by atoms with E-state index in [0.29, 0.717) is 23.2 Å². The van der Waals surface area contributed by atoms with Crippen molar-refractivity contribution < 1.29 is 22.2 Å². The zero-order valence-corrected chi connectivity index (χ0v) is 19.0. The smallest absolute Gasteiger partial charge is 0.296 e. The molecule has 0 aliphatic carbocycles. The molecule has 1 aromatic heterocycles. The summed E-state index contributed by atoms with van der Waals surface area (Å²) in [6.45, 7) is 4.04. The first-order valence-corrected chi connectivity index (χ1v) is 11.9. The average molecular weight is 467 g/mol. The summed E-state index contributed by atoms with van der Waals surface area (Å²) in [7, 11) is -4.47. The van der Waals surface area contributed by atoms with Crippen molar-refractivity contribution in [1.82, 2.24) is 9.88 Å². The van der Waals surface area contributed by atoms with Gasteiger partial charge in [-0.1, -0.05) is 31.2 Å². The number of amides is 1. The minimum atomic E-state index is -4.47. The minimum absolute atomic E-state index is 0.186. The van der Waals surface area contributed by atoms with Crippen LogP contribution < -0.4 is 5.32 Å². The summed E-state index contributed by atoms with van der Waals surface area (Å²) in [5.74, 6) is -0.660. The van der Waals surface area contributed by atoms with Crippen LogP contribution in [0.4, 0.5) is 4.39 Å². The highest BCUT2D eigenvalue weighted by atomic mass is 32.2. The van der Waals surface area contributed by atoms with Gasteiger partial charge in [-0.3, -0.25) is 9.35 Å². The van der Waals surface area contributed by atoms with E-state index < -0.39 is 10.1 Å². The maximum Gasteiger partial charge on any atom is 0.296 e. The molecule has 0 radical (unpaired) electrons. The van der Waals surface area contributed by atoms with Crippen molar-refractivity contribution in [3.05, 3.63) is 94.9 Å². The molecule has 0 atom stereocenters. The summed E-state index contributed by atoms with van der Waals surface area (Å²) >= 11 is 0. The van der Waals surface area contributed by atoms with E-state index in [1.807, 2.05) is 19.9 Å². The van der Waals surface area contributed by atoms with Crippen LogP contribution in [-0.2, 0) is 23.1 Å². The Labute approximate surface area is 191 Å². The molecule has 0 spiro atoms. The molecule has 1 heterocycles. The molecule has 170 valence electrons. The number of nitrogens with zero attached hydrogens (tertiary/aromatic N) is 1. The van der Waals surface area contributed by atoms with Crippen LogP contribution in [0.25, 0.3) is 16.6 Å². The van der Waals surface area contributed by atoms with Crippen molar-refractivity contribution in [2.75, 3.05) is 0 Å². The number of halogens is 1. The van der Waals surface area contributed by atoms with Gasteiger partial charge in [0.1, 0.15) is 10.7 Å². The van der Waals surface area contributed by atoms with Crippen molar-refractivity contribution in [2.45, 2.75) is 31.7 Å². The number of nitrogens with one attached hydrogen (secondary N) is 1. The molecule has 0 aliphatic heterocycles. The second-order valence-electron chi connectivity index (χ2n) is 7.80. The summed E-state index contributed by atoms with van der Waals surface area (Å²) in [4.78, 5) is 12.6. The van der Waals surface area contributed by atoms with Crippen LogP contribution in [0.1, 0.15) is 34.0 Å². The van der Waals surface area contributed by atoms with Crippen LogP contribution in [0, 0.1) is 12.7 Å². The molecule has 3 aromatic carbocycles. The summed E-state index contributed by atoms with van der Waals surface area (Å²) in [6.07, 6.45) is 2.29. The molecule has 0 fully saturated rings. The molecule has 33 heavy (non-hydrogen) atoms. The van der Waals surface area contributed by atoms with E-state index in [1.54, 1.807) is 47.2 Å². The Bertz CT molecular complexity index is 1460. The molecule has 0 aliphatic rings. The highest BCUT2D eigenvalue weighted by Gasteiger charge is 2.22. The lowest BCUT2D eigenvalue weighted by Crippen LogP contribution is -2.22. The SMILES string of the molecule is CCc1c(C)ccc(S(=O)(=O)O)c1-n1ccc2ccc(C(=O)NCc3ccc(F)cc3)cc21. The molecule has 0 saturated heterocycles. The lowest BCUT2D eigenvalue weighted by molar-refractivity contribution is 0.0951. The molecule has 0 unspecified atom stereocenters. The summed E-state index contributed by atoms with van der Waals surface area (Å²) in [6, 6.07) is 15.9. The number of fused-ring (bicyclic) bond motifs is 1. The van der Waals surface area contributed by atoms with Gasteiger partial charge in [0.25, 0.3) is 16.0 Å². The predicted octanol–water partition coefficient (Wildman–Crippen LogP) is 4.82. The Morgan fingerprint density at radius 1 is 1.06 bits per heavy atom. The van der Waals surface area contributed by atoms with Crippen molar-refractivity contribution in [2.24, 2.45) is 0 Å². The number of hydrogen-bond donors (Lipinski definition) is 2. The lowest BCUT2D eigenvalue weighted by Gasteiger charge is -2.17. The Morgan fingerprint density at radius 3 is 2.45 bits per heavy atom. The van der Waals surface area contributed by atoms with Crippen LogP contribution in [0.5, 0.6) is 0 Å². The number of rotatable bonds is 6. The lowest BCUT2D eigenvalue weighted by atomic mass is 10.0. The molecule has 0 saturated carbocycles. The van der Waals surface area contributed by atoms with Gasteiger partial charge in [0.2, 0.25) is 0 Å². The number of hydrogen-bond acceptors (Lipinski definition) is 3. The topological polar surface area (TPSA) is 88.4 Å². The second-order valence-corrected chi connectivity index (χ2v) is 9.19. The van der Waals surface area contributed by atoms with Gasteiger partial charge in [0.15, 0.2) is 0 Å². The van der Waals surface area contributed by atoms with Gasteiger partial charge in [0, 0.05) is 18.3 Å². The van der Waals surface area contributed by atoms with Crippen molar-refractivity contribution in [3.8, 4) is 5.69 Å². The van der Waals surface area contributed by atoms with E-state index in [9.17, 15) is 22.2 Å². The molecule has 6 nitrogen and oxygen atoms in total. The van der Waals surface area contributed by atoms with Crippen molar-refractivity contribution in [3.63, 3.8) is 0 Å². The van der Waals surface area contributed by atoms with Gasteiger partial charge in [0.05, 0.1) is 11.2 Å². The van der Waals surface area contributed by atoms with E-state index in [0.717, 1.165) is 22.1 Å². The van der Waals surface area contributed by atoms with Gasteiger partial charge in [-0.05, 0) is 71.8 Å². The van der Waals surface area contributed by atoms with Gasteiger partial charge < -0.3 is 9.88 Å². The third kappa shape index (κ3) is 4.53. The highest BCUT2D eigenvalue weighted by molar-refractivity contribution is 7.86. The van der Waals surface area contributed by atoms with Crippen LogP contribution in [0.2, 0.25) is 0 Å². The fourth-order valence-electron chi connectivity index (χ4n) is 3.99. The second kappa shape index (κ2) is 8.80. The normalized spacial score (nSPS) is 11.6. The Hall–Kier alpha value is -3.49. The van der Waals surface area contributed by atoms with Crippen LogP contribution >= 0.6 is 0 Å². The van der Waals surface area contributed by atoms with E-state index >= 15 is 0 Å². The van der Waals surface area contributed by atoms with Crippen molar-refractivity contribution >= 4 is 26.9 Å². The Morgan fingerprint density at radius 2 is 1.79 bits per heavy atom. The molecule has 1 amide bonds. The minimum Gasteiger partial charge on any atom is -0.348 e. The van der Waals surface area contributed by atoms with E-state index in [2.05, 4.69) is 5.32 Å². The van der Waals surface area contributed by atoms with Gasteiger partial charge in [-0.15, -0.1) is 0 Å². The molecular weight excluding hydrogens is 443 g/mol. The van der Waals surface area contributed by atoms with E-state index in [1.165, 1.54) is 18.2 Å². The maximum absolute atomic E-state index is 13.1. The summed E-state index contributed by atoms with van der Waals surface area (Å²) in [5, 5.41) is 3.63. The molecule has 4 aromatic rings. The molecular formula is C25H23FN2O4S. The van der Waals surface area contributed by atoms with E-state index in [4.69, 9.17) is 0 Å². The Kier molecular flexibility index (Phi) is 6.05. The van der Waals surface area contributed by atoms with Gasteiger partial charge in [-0.25, -0.2) is 4.39 Å².